The van der Waals surface area contributed by atoms with E-state index >= 15 is 0 Å². The first-order valence-corrected chi connectivity index (χ1v) is 17.7. The molecule has 204 valence electrons. The Morgan fingerprint density at radius 1 is 1.27 bits per heavy atom. The fourth-order valence-corrected chi connectivity index (χ4v) is 6.50. The summed E-state index contributed by atoms with van der Waals surface area (Å²) in [6.07, 6.45) is 5.32. The number of rotatable bonds is 10. The van der Waals surface area contributed by atoms with Gasteiger partial charge in [-0.2, -0.15) is 5.10 Å². The monoisotopic (exact) mass is 547 g/mol. The zero-order valence-corrected chi connectivity index (χ0v) is 24.9. The third-order valence-corrected chi connectivity index (χ3v) is 13.5. The highest BCUT2D eigenvalue weighted by Gasteiger charge is 2.37. The molecule has 8 nitrogen and oxygen atoms in total. The van der Waals surface area contributed by atoms with Crippen LogP contribution in [-0.2, 0) is 30.4 Å². The second-order valence-electron chi connectivity index (χ2n) is 11.8. The maximum Gasteiger partial charge on any atom is 0.233 e. The molecule has 1 aromatic carbocycles. The Balaban J connectivity index is 1.73. The van der Waals surface area contributed by atoms with Crippen molar-refractivity contribution in [1.29, 1.82) is 0 Å². The fourth-order valence-electron chi connectivity index (χ4n) is 4.50. The van der Waals surface area contributed by atoms with E-state index in [4.69, 9.17) is 4.43 Å². The van der Waals surface area contributed by atoms with E-state index in [1.807, 2.05) is 6.20 Å². The van der Waals surface area contributed by atoms with Crippen molar-refractivity contribution in [1.82, 2.24) is 9.78 Å². The topological polar surface area (TPSA) is 107 Å². The lowest BCUT2D eigenvalue weighted by Gasteiger charge is -2.36. The van der Waals surface area contributed by atoms with Crippen molar-refractivity contribution >= 4 is 35.7 Å². The predicted octanol–water partition coefficient (Wildman–Crippen LogP) is 5.10. The van der Waals surface area contributed by atoms with E-state index in [-0.39, 0.29) is 27.5 Å². The summed E-state index contributed by atoms with van der Waals surface area (Å²) in [6, 6.07) is 6.81. The van der Waals surface area contributed by atoms with Gasteiger partial charge >= 0.3 is 0 Å². The quantitative estimate of drug-likeness (QED) is 0.415. The van der Waals surface area contributed by atoms with Gasteiger partial charge in [-0.15, -0.1) is 0 Å². The molecule has 2 aromatic rings. The van der Waals surface area contributed by atoms with Crippen LogP contribution >= 0.6 is 0 Å². The van der Waals surface area contributed by atoms with Crippen molar-refractivity contribution < 1.29 is 22.4 Å². The molecule has 0 aliphatic heterocycles. The number of aryl methyl sites for hydroxylation is 1. The van der Waals surface area contributed by atoms with Crippen LogP contribution in [0.4, 0.5) is 5.82 Å². The van der Waals surface area contributed by atoms with Crippen molar-refractivity contribution in [3.05, 3.63) is 41.6 Å². The highest BCUT2D eigenvalue weighted by Crippen LogP contribution is 2.37. The van der Waals surface area contributed by atoms with E-state index in [2.05, 4.69) is 44.3 Å². The van der Waals surface area contributed by atoms with Crippen molar-refractivity contribution in [3.8, 4) is 0 Å². The normalized spacial score (nSPS) is 17.7. The summed E-state index contributed by atoms with van der Waals surface area (Å²) in [5, 5.41) is 7.57. The highest BCUT2D eigenvalue weighted by molar-refractivity contribution is 7.90. The second kappa shape index (κ2) is 11.2. The molecule has 0 bridgehead atoms. The van der Waals surface area contributed by atoms with E-state index in [9.17, 15) is 18.0 Å². The second-order valence-corrected chi connectivity index (χ2v) is 18.6. The number of aromatic nitrogens is 2. The van der Waals surface area contributed by atoms with Crippen LogP contribution in [-0.4, -0.2) is 51.1 Å². The standard InChI is InChI=1S/C27H41N3O5SSi/c1-19-16-21(9-11-24(19)36(5,33)34)23(18-20-8-10-22(31)17-20)26(32)28-25-12-13-30(29-25)14-15-35-37(6,7)27(2,3)4/h9,11-13,16,20,23H,8,10,14-15,17-18H2,1-7H3,(H,28,29,32)/t20-,23?/m0/s1. The number of sulfone groups is 1. The molecular formula is C27H41N3O5SSi. The lowest BCUT2D eigenvalue weighted by atomic mass is 9.86. The number of benzene rings is 1. The van der Waals surface area contributed by atoms with Gasteiger partial charge in [0.2, 0.25) is 5.91 Å². The Hall–Kier alpha value is -2.30. The third kappa shape index (κ3) is 7.61. The fraction of sp³-hybridized carbons (Fsp3) is 0.593. The van der Waals surface area contributed by atoms with Gasteiger partial charge in [-0.1, -0.05) is 32.9 Å². The number of carbonyl (C=O) groups excluding carboxylic acids is 2. The molecular weight excluding hydrogens is 506 g/mol. The van der Waals surface area contributed by atoms with Gasteiger partial charge < -0.3 is 9.74 Å². The van der Waals surface area contributed by atoms with E-state index in [0.717, 1.165) is 12.0 Å². The highest BCUT2D eigenvalue weighted by atomic mass is 32.2. The summed E-state index contributed by atoms with van der Waals surface area (Å²) < 4.78 is 32.1. The molecule has 2 atom stereocenters. The summed E-state index contributed by atoms with van der Waals surface area (Å²) >= 11 is 0. The van der Waals surface area contributed by atoms with Crippen molar-refractivity contribution in [3.63, 3.8) is 0 Å². The van der Waals surface area contributed by atoms with Crippen LogP contribution in [0.3, 0.4) is 0 Å². The predicted molar refractivity (Wildman–Crippen MR) is 148 cm³/mol. The third-order valence-electron chi connectivity index (χ3n) is 7.72. The van der Waals surface area contributed by atoms with E-state index in [1.165, 1.54) is 6.26 Å². The molecule has 1 fully saturated rings. The molecule has 0 radical (unpaired) electrons. The number of hydrogen-bond acceptors (Lipinski definition) is 6. The van der Waals surface area contributed by atoms with Gasteiger partial charge in [-0.3, -0.25) is 14.3 Å². The van der Waals surface area contributed by atoms with Gasteiger partial charge in [-0.05, 0) is 61.0 Å². The van der Waals surface area contributed by atoms with Gasteiger partial charge in [0.05, 0.1) is 24.0 Å². The lowest BCUT2D eigenvalue weighted by Crippen LogP contribution is -2.41. The summed E-state index contributed by atoms with van der Waals surface area (Å²) in [6.45, 7) is 13.9. The Morgan fingerprint density at radius 3 is 2.54 bits per heavy atom. The van der Waals surface area contributed by atoms with Crippen LogP contribution in [0.15, 0.2) is 35.4 Å². The van der Waals surface area contributed by atoms with E-state index in [1.54, 1.807) is 35.9 Å². The molecule has 1 aliphatic carbocycles. The molecule has 0 saturated heterocycles. The minimum absolute atomic E-state index is 0.128. The number of ketones is 1. The van der Waals surface area contributed by atoms with Gasteiger partial charge in [0, 0.05) is 31.4 Å². The first kappa shape index (κ1) is 29.3. The van der Waals surface area contributed by atoms with Crippen LogP contribution in [0.1, 0.15) is 63.5 Å². The van der Waals surface area contributed by atoms with Crippen molar-refractivity contribution in [2.45, 2.75) is 88.9 Å². The minimum atomic E-state index is -3.36. The van der Waals surface area contributed by atoms with Crippen LogP contribution < -0.4 is 5.32 Å². The molecule has 1 unspecified atom stereocenters. The largest absolute Gasteiger partial charge is 0.415 e. The van der Waals surface area contributed by atoms with E-state index < -0.39 is 24.1 Å². The maximum atomic E-state index is 13.5. The van der Waals surface area contributed by atoms with Crippen LogP contribution in [0, 0.1) is 12.8 Å². The first-order chi connectivity index (χ1) is 17.1. The van der Waals surface area contributed by atoms with Gasteiger partial charge in [0.15, 0.2) is 24.0 Å². The molecule has 10 heteroatoms. The van der Waals surface area contributed by atoms with E-state index in [0.29, 0.717) is 43.8 Å². The summed E-state index contributed by atoms with van der Waals surface area (Å²) in [5.41, 5.74) is 1.34. The Kier molecular flexibility index (Phi) is 8.86. The molecule has 37 heavy (non-hydrogen) atoms. The minimum Gasteiger partial charge on any atom is -0.415 e. The number of nitrogens with zero attached hydrogens (tertiary/aromatic N) is 2. The van der Waals surface area contributed by atoms with Crippen molar-refractivity contribution in [2.75, 3.05) is 18.2 Å². The molecule has 1 amide bonds. The number of amides is 1. The molecule has 0 spiro atoms. The molecule has 1 aromatic heterocycles. The zero-order chi connectivity index (χ0) is 27.6. The van der Waals surface area contributed by atoms with Crippen LogP contribution in [0.2, 0.25) is 18.1 Å². The van der Waals surface area contributed by atoms with Crippen LogP contribution in [0.25, 0.3) is 0 Å². The zero-order valence-electron chi connectivity index (χ0n) is 23.1. The molecule has 1 heterocycles. The Labute approximate surface area is 222 Å². The van der Waals surface area contributed by atoms with Gasteiger partial charge in [0.1, 0.15) is 5.78 Å². The molecule has 1 saturated carbocycles. The lowest BCUT2D eigenvalue weighted by molar-refractivity contribution is -0.119. The molecule has 1 aliphatic rings. The maximum absolute atomic E-state index is 13.5. The summed E-state index contributed by atoms with van der Waals surface area (Å²) in [5.74, 6) is 0.0767. The Bertz CT molecular complexity index is 1250. The van der Waals surface area contributed by atoms with Crippen molar-refractivity contribution in [2.24, 2.45) is 5.92 Å². The average Bonchev–Trinajstić information content (AvgIpc) is 3.38. The Morgan fingerprint density at radius 2 is 1.97 bits per heavy atom. The number of Topliss-reactive ketones (excluding diaryl/α,β-unsaturated/α-hetero) is 1. The first-order valence-electron chi connectivity index (χ1n) is 12.9. The number of nitrogens with one attached hydrogen (secondary N) is 1. The molecule has 1 N–H and O–H groups in total. The van der Waals surface area contributed by atoms with Crippen LogP contribution in [0.5, 0.6) is 0 Å². The number of carbonyl (C=O) groups is 2. The number of hydrogen-bond donors (Lipinski definition) is 1. The summed E-state index contributed by atoms with van der Waals surface area (Å²) in [7, 11) is -5.21. The molecule has 3 rings (SSSR count). The smallest absolute Gasteiger partial charge is 0.233 e. The van der Waals surface area contributed by atoms with Gasteiger partial charge in [-0.25, -0.2) is 8.42 Å². The number of anilines is 1. The average molecular weight is 548 g/mol. The SMILES string of the molecule is Cc1cc(C(C[C@H]2CCC(=O)C2)C(=O)Nc2ccn(CCO[Si](C)(C)C(C)(C)C)n2)ccc1S(C)(=O)=O. The summed E-state index contributed by atoms with van der Waals surface area (Å²) in [4.78, 5) is 25.6. The van der Waals surface area contributed by atoms with Gasteiger partial charge in [0.25, 0.3) is 0 Å².